The van der Waals surface area contributed by atoms with Crippen molar-refractivity contribution in [1.82, 2.24) is 9.78 Å². The molecule has 20 heavy (non-hydrogen) atoms. The summed E-state index contributed by atoms with van der Waals surface area (Å²) < 4.78 is 1.96. The normalized spacial score (nSPS) is 10.8. The van der Waals surface area contributed by atoms with E-state index < -0.39 is 0 Å². The standard InChI is InChI=1S/C16H24N4/c1-5-13-7-9-14(10-8-13)11-19(4)16-15(17)12(3)18-20(16)6-2/h7-10H,5-6,11,17H2,1-4H3. The van der Waals surface area contributed by atoms with Crippen LogP contribution in [0.4, 0.5) is 11.5 Å². The average Bonchev–Trinajstić information content (AvgIpc) is 2.75. The molecule has 4 heteroatoms. The van der Waals surface area contributed by atoms with Crippen LogP contribution in [0.5, 0.6) is 0 Å². The molecule has 1 aromatic heterocycles. The highest BCUT2D eigenvalue weighted by molar-refractivity contribution is 5.66. The number of nitrogens with zero attached hydrogens (tertiary/aromatic N) is 3. The van der Waals surface area contributed by atoms with Gasteiger partial charge in [0.05, 0.1) is 11.4 Å². The van der Waals surface area contributed by atoms with Crippen molar-refractivity contribution in [2.45, 2.75) is 40.3 Å². The molecule has 2 N–H and O–H groups in total. The van der Waals surface area contributed by atoms with E-state index in [9.17, 15) is 0 Å². The summed E-state index contributed by atoms with van der Waals surface area (Å²) in [5.74, 6) is 1.00. The van der Waals surface area contributed by atoms with E-state index in [1.165, 1.54) is 11.1 Å². The van der Waals surface area contributed by atoms with Gasteiger partial charge in [-0.2, -0.15) is 5.10 Å². The van der Waals surface area contributed by atoms with Gasteiger partial charge in [0, 0.05) is 20.1 Å². The van der Waals surface area contributed by atoms with Gasteiger partial charge >= 0.3 is 0 Å². The van der Waals surface area contributed by atoms with E-state index in [1.54, 1.807) is 0 Å². The zero-order valence-electron chi connectivity index (χ0n) is 12.8. The predicted molar refractivity (Wildman–Crippen MR) is 85.0 cm³/mol. The Kier molecular flexibility index (Phi) is 4.32. The average molecular weight is 272 g/mol. The second kappa shape index (κ2) is 5.99. The summed E-state index contributed by atoms with van der Waals surface area (Å²) in [6.07, 6.45) is 1.07. The highest BCUT2D eigenvalue weighted by Gasteiger charge is 2.15. The summed E-state index contributed by atoms with van der Waals surface area (Å²) in [6, 6.07) is 8.75. The monoisotopic (exact) mass is 272 g/mol. The van der Waals surface area contributed by atoms with E-state index >= 15 is 0 Å². The van der Waals surface area contributed by atoms with Crippen LogP contribution < -0.4 is 10.6 Å². The molecule has 0 amide bonds. The lowest BCUT2D eigenvalue weighted by Gasteiger charge is -2.21. The van der Waals surface area contributed by atoms with Crippen LogP contribution in [0.25, 0.3) is 0 Å². The van der Waals surface area contributed by atoms with Crippen LogP contribution in [0.1, 0.15) is 30.7 Å². The predicted octanol–water partition coefficient (Wildman–Crippen LogP) is 2.99. The molecule has 0 aliphatic carbocycles. The molecule has 0 atom stereocenters. The molecule has 2 aromatic rings. The fourth-order valence-electron chi connectivity index (χ4n) is 2.44. The molecule has 0 radical (unpaired) electrons. The summed E-state index contributed by atoms with van der Waals surface area (Å²) in [5, 5.41) is 4.47. The molecule has 2 rings (SSSR count). The van der Waals surface area contributed by atoms with Crippen LogP contribution in [0.3, 0.4) is 0 Å². The van der Waals surface area contributed by atoms with Gasteiger partial charge in [0.25, 0.3) is 0 Å². The van der Waals surface area contributed by atoms with Gasteiger partial charge < -0.3 is 10.6 Å². The number of anilines is 2. The molecule has 0 aliphatic heterocycles. The molecule has 1 heterocycles. The number of benzene rings is 1. The molecule has 0 spiro atoms. The summed E-state index contributed by atoms with van der Waals surface area (Å²) in [4.78, 5) is 2.17. The molecule has 0 bridgehead atoms. The molecule has 0 fully saturated rings. The summed E-state index contributed by atoms with van der Waals surface area (Å²) in [6.45, 7) is 7.87. The fraction of sp³-hybridized carbons (Fsp3) is 0.438. The van der Waals surface area contributed by atoms with E-state index in [0.717, 1.165) is 36.7 Å². The topological polar surface area (TPSA) is 47.1 Å². The Balaban J connectivity index is 2.20. The molecule has 0 saturated carbocycles. The van der Waals surface area contributed by atoms with Gasteiger partial charge in [0.1, 0.15) is 0 Å². The van der Waals surface area contributed by atoms with Crippen molar-refractivity contribution in [3.05, 3.63) is 41.1 Å². The molecule has 0 aliphatic rings. The SMILES string of the molecule is CCc1ccc(CN(C)c2c(N)c(C)nn2CC)cc1. The number of hydrogen-bond acceptors (Lipinski definition) is 3. The molecule has 4 nitrogen and oxygen atoms in total. The number of hydrogen-bond donors (Lipinski definition) is 1. The zero-order valence-corrected chi connectivity index (χ0v) is 12.8. The van der Waals surface area contributed by atoms with E-state index in [-0.39, 0.29) is 0 Å². The second-order valence-electron chi connectivity index (χ2n) is 5.16. The van der Waals surface area contributed by atoms with Gasteiger partial charge in [-0.1, -0.05) is 31.2 Å². The number of aryl methyl sites for hydroxylation is 3. The molecule has 0 saturated heterocycles. The van der Waals surface area contributed by atoms with E-state index in [0.29, 0.717) is 0 Å². The Bertz CT molecular complexity index is 569. The van der Waals surface area contributed by atoms with Crippen molar-refractivity contribution in [2.24, 2.45) is 0 Å². The van der Waals surface area contributed by atoms with Crippen molar-refractivity contribution >= 4 is 11.5 Å². The maximum atomic E-state index is 6.15. The minimum atomic E-state index is 0.777. The highest BCUT2D eigenvalue weighted by Crippen LogP contribution is 2.26. The van der Waals surface area contributed by atoms with Crippen LogP contribution >= 0.6 is 0 Å². The smallest absolute Gasteiger partial charge is 0.150 e. The van der Waals surface area contributed by atoms with Crippen LogP contribution in [0.15, 0.2) is 24.3 Å². The van der Waals surface area contributed by atoms with Gasteiger partial charge in [-0.15, -0.1) is 0 Å². The molecule has 0 unspecified atom stereocenters. The number of aromatic nitrogens is 2. The Morgan fingerprint density at radius 3 is 2.30 bits per heavy atom. The van der Waals surface area contributed by atoms with E-state index in [4.69, 9.17) is 5.73 Å². The number of rotatable bonds is 5. The van der Waals surface area contributed by atoms with Crippen molar-refractivity contribution in [3.63, 3.8) is 0 Å². The largest absolute Gasteiger partial charge is 0.394 e. The van der Waals surface area contributed by atoms with Gasteiger partial charge in [-0.25, -0.2) is 4.68 Å². The first-order valence-electron chi connectivity index (χ1n) is 7.18. The summed E-state index contributed by atoms with van der Waals surface area (Å²) >= 11 is 0. The maximum Gasteiger partial charge on any atom is 0.150 e. The highest BCUT2D eigenvalue weighted by atomic mass is 15.4. The van der Waals surface area contributed by atoms with Crippen molar-refractivity contribution in [2.75, 3.05) is 17.7 Å². The summed E-state index contributed by atoms with van der Waals surface area (Å²) in [5.41, 5.74) is 10.5. The van der Waals surface area contributed by atoms with E-state index in [2.05, 4.69) is 55.2 Å². The van der Waals surface area contributed by atoms with Crippen molar-refractivity contribution in [1.29, 1.82) is 0 Å². The molecular weight excluding hydrogens is 248 g/mol. The van der Waals surface area contributed by atoms with Crippen LogP contribution in [-0.4, -0.2) is 16.8 Å². The minimum Gasteiger partial charge on any atom is -0.394 e. The molecule has 1 aromatic carbocycles. The maximum absolute atomic E-state index is 6.15. The van der Waals surface area contributed by atoms with Crippen LogP contribution in [0.2, 0.25) is 0 Å². The minimum absolute atomic E-state index is 0.777. The Morgan fingerprint density at radius 1 is 1.15 bits per heavy atom. The van der Waals surface area contributed by atoms with Crippen molar-refractivity contribution in [3.8, 4) is 0 Å². The first-order chi connectivity index (χ1) is 9.56. The quantitative estimate of drug-likeness (QED) is 0.910. The van der Waals surface area contributed by atoms with E-state index in [1.807, 2.05) is 11.6 Å². The first-order valence-corrected chi connectivity index (χ1v) is 7.18. The third-order valence-electron chi connectivity index (χ3n) is 3.66. The summed E-state index contributed by atoms with van der Waals surface area (Å²) in [7, 11) is 2.06. The van der Waals surface area contributed by atoms with Crippen LogP contribution in [-0.2, 0) is 19.5 Å². The Labute approximate surface area is 121 Å². The lowest BCUT2D eigenvalue weighted by molar-refractivity contribution is 0.640. The molecular formula is C16H24N4. The second-order valence-corrected chi connectivity index (χ2v) is 5.16. The fourth-order valence-corrected chi connectivity index (χ4v) is 2.44. The van der Waals surface area contributed by atoms with Crippen LogP contribution in [0, 0.1) is 6.92 Å². The molecule has 108 valence electrons. The first kappa shape index (κ1) is 14.4. The Morgan fingerprint density at radius 2 is 1.75 bits per heavy atom. The number of nitrogen functional groups attached to an aromatic ring is 1. The lowest BCUT2D eigenvalue weighted by Crippen LogP contribution is -2.21. The third kappa shape index (κ3) is 2.79. The Hall–Kier alpha value is -1.97. The number of nitrogens with two attached hydrogens (primary N) is 1. The van der Waals surface area contributed by atoms with Gasteiger partial charge in [0.2, 0.25) is 0 Å². The zero-order chi connectivity index (χ0) is 14.7. The lowest BCUT2D eigenvalue weighted by atomic mass is 10.1. The van der Waals surface area contributed by atoms with Gasteiger partial charge in [0.15, 0.2) is 5.82 Å². The van der Waals surface area contributed by atoms with Crippen molar-refractivity contribution < 1.29 is 0 Å². The third-order valence-corrected chi connectivity index (χ3v) is 3.66. The van der Waals surface area contributed by atoms with Gasteiger partial charge in [-0.3, -0.25) is 0 Å². The van der Waals surface area contributed by atoms with Gasteiger partial charge in [-0.05, 0) is 31.4 Å².